The topological polar surface area (TPSA) is 66.8 Å². The zero-order valence-electron chi connectivity index (χ0n) is 12.3. The molecule has 0 radical (unpaired) electrons. The molecule has 0 bridgehead atoms. The highest BCUT2D eigenvalue weighted by Crippen LogP contribution is 2.39. The molecule has 1 amide bonds. The molecule has 1 atom stereocenters. The van der Waals surface area contributed by atoms with Crippen molar-refractivity contribution in [3.05, 3.63) is 0 Å². The first-order valence-corrected chi connectivity index (χ1v) is 7.66. The number of carbonyl (C=O) groups is 2. The summed E-state index contributed by atoms with van der Waals surface area (Å²) in [6.07, 6.45) is 5.40. The number of aliphatic carboxylic acids is 1. The first-order valence-electron chi connectivity index (χ1n) is 7.66. The second-order valence-electron chi connectivity index (χ2n) is 6.19. The van der Waals surface area contributed by atoms with Crippen molar-refractivity contribution >= 4 is 11.9 Å². The third-order valence-corrected chi connectivity index (χ3v) is 4.69. The van der Waals surface area contributed by atoms with Crippen LogP contribution in [0.15, 0.2) is 0 Å². The molecule has 2 rings (SSSR count). The molecule has 1 saturated heterocycles. The van der Waals surface area contributed by atoms with E-state index >= 15 is 0 Å². The fourth-order valence-corrected chi connectivity index (χ4v) is 3.36. The number of morpholine rings is 1. The number of hydrogen-bond acceptors (Lipinski definition) is 3. The predicted octanol–water partition coefficient (Wildman–Crippen LogP) is 2.05. The summed E-state index contributed by atoms with van der Waals surface area (Å²) in [7, 11) is 0. The number of carboxylic acids is 1. The van der Waals surface area contributed by atoms with Crippen LogP contribution in [0.3, 0.4) is 0 Å². The minimum absolute atomic E-state index is 0.0231. The van der Waals surface area contributed by atoms with Crippen LogP contribution in [0, 0.1) is 5.41 Å². The van der Waals surface area contributed by atoms with Gasteiger partial charge >= 0.3 is 5.97 Å². The number of hydrogen-bond donors (Lipinski definition) is 1. The van der Waals surface area contributed by atoms with Gasteiger partial charge in [0.2, 0.25) is 5.91 Å². The van der Waals surface area contributed by atoms with Crippen molar-refractivity contribution in [3.63, 3.8) is 0 Å². The van der Waals surface area contributed by atoms with E-state index in [2.05, 4.69) is 0 Å². The largest absolute Gasteiger partial charge is 0.481 e. The van der Waals surface area contributed by atoms with Gasteiger partial charge in [-0.1, -0.05) is 25.7 Å². The van der Waals surface area contributed by atoms with E-state index in [9.17, 15) is 14.7 Å². The molecule has 1 aliphatic carbocycles. The monoisotopic (exact) mass is 283 g/mol. The van der Waals surface area contributed by atoms with E-state index in [0.29, 0.717) is 32.6 Å². The molecule has 0 aromatic rings. The highest BCUT2D eigenvalue weighted by atomic mass is 16.5. The van der Waals surface area contributed by atoms with E-state index in [4.69, 9.17) is 4.74 Å². The van der Waals surface area contributed by atoms with Gasteiger partial charge in [-0.05, 0) is 19.8 Å². The third-order valence-electron chi connectivity index (χ3n) is 4.69. The molecule has 2 fully saturated rings. The summed E-state index contributed by atoms with van der Waals surface area (Å²) in [6.45, 7) is 3.63. The molecule has 5 nitrogen and oxygen atoms in total. The standard InChI is InChI=1S/C15H25NO4/c1-12-11-20-9-8-16(12)13(17)10-15(14(18)19)6-4-2-3-5-7-15/h12H,2-11H2,1H3,(H,18,19)/t12-/m1/s1. The van der Waals surface area contributed by atoms with E-state index < -0.39 is 11.4 Å². The Balaban J connectivity index is 2.07. The first kappa shape index (κ1) is 15.3. The Bertz CT molecular complexity index is 361. The van der Waals surface area contributed by atoms with Crippen LogP contribution in [0.25, 0.3) is 0 Å². The maximum atomic E-state index is 12.5. The summed E-state index contributed by atoms with van der Waals surface area (Å²) < 4.78 is 5.33. The number of carbonyl (C=O) groups excluding carboxylic acids is 1. The maximum Gasteiger partial charge on any atom is 0.310 e. The first-order chi connectivity index (χ1) is 9.55. The van der Waals surface area contributed by atoms with Crippen LogP contribution in [0.4, 0.5) is 0 Å². The Kier molecular flexibility index (Phi) is 5.02. The molecule has 5 heteroatoms. The van der Waals surface area contributed by atoms with Crippen LogP contribution in [0.1, 0.15) is 51.9 Å². The minimum Gasteiger partial charge on any atom is -0.481 e. The van der Waals surface area contributed by atoms with Crippen LogP contribution in [-0.2, 0) is 14.3 Å². The summed E-state index contributed by atoms with van der Waals surface area (Å²) >= 11 is 0. The maximum absolute atomic E-state index is 12.5. The molecule has 20 heavy (non-hydrogen) atoms. The van der Waals surface area contributed by atoms with E-state index in [1.54, 1.807) is 4.90 Å². The number of nitrogens with zero attached hydrogens (tertiary/aromatic N) is 1. The van der Waals surface area contributed by atoms with Gasteiger partial charge in [-0.2, -0.15) is 0 Å². The van der Waals surface area contributed by atoms with Crippen molar-refractivity contribution in [3.8, 4) is 0 Å². The fourth-order valence-electron chi connectivity index (χ4n) is 3.36. The van der Waals surface area contributed by atoms with Crippen molar-refractivity contribution in [2.45, 2.75) is 57.9 Å². The third kappa shape index (κ3) is 3.32. The Hall–Kier alpha value is -1.10. The smallest absolute Gasteiger partial charge is 0.310 e. The predicted molar refractivity (Wildman–Crippen MR) is 74.4 cm³/mol. The van der Waals surface area contributed by atoms with Gasteiger partial charge in [-0.3, -0.25) is 9.59 Å². The molecule has 0 unspecified atom stereocenters. The van der Waals surface area contributed by atoms with Gasteiger partial charge in [-0.15, -0.1) is 0 Å². The Morgan fingerprint density at radius 2 is 1.90 bits per heavy atom. The molecule has 114 valence electrons. The quantitative estimate of drug-likeness (QED) is 0.805. The Morgan fingerprint density at radius 1 is 1.25 bits per heavy atom. The average molecular weight is 283 g/mol. The van der Waals surface area contributed by atoms with Gasteiger partial charge in [0.05, 0.1) is 24.7 Å². The van der Waals surface area contributed by atoms with Gasteiger partial charge < -0.3 is 14.7 Å². The molecule has 1 N–H and O–H groups in total. The molecule has 1 saturated carbocycles. The molecule has 1 heterocycles. The van der Waals surface area contributed by atoms with Crippen LogP contribution in [-0.4, -0.2) is 47.7 Å². The summed E-state index contributed by atoms with van der Waals surface area (Å²) in [6, 6.07) is 0.0490. The second kappa shape index (κ2) is 6.57. The van der Waals surface area contributed by atoms with Crippen molar-refractivity contribution in [1.82, 2.24) is 4.90 Å². The number of ether oxygens (including phenoxy) is 1. The molecule has 0 spiro atoms. The Morgan fingerprint density at radius 3 is 2.45 bits per heavy atom. The van der Waals surface area contributed by atoms with Crippen LogP contribution in [0.5, 0.6) is 0 Å². The Labute approximate surface area is 120 Å². The van der Waals surface area contributed by atoms with E-state index in [-0.39, 0.29) is 18.4 Å². The summed E-state index contributed by atoms with van der Waals surface area (Å²) in [5.74, 6) is -0.821. The van der Waals surface area contributed by atoms with Crippen molar-refractivity contribution in [2.24, 2.45) is 5.41 Å². The minimum atomic E-state index is -0.842. The lowest BCUT2D eigenvalue weighted by atomic mass is 9.77. The molecule has 1 aliphatic heterocycles. The van der Waals surface area contributed by atoms with Gasteiger partial charge in [0.25, 0.3) is 0 Å². The van der Waals surface area contributed by atoms with E-state index in [1.165, 1.54) is 0 Å². The van der Waals surface area contributed by atoms with Crippen LogP contribution < -0.4 is 0 Å². The zero-order valence-corrected chi connectivity index (χ0v) is 12.3. The molecule has 2 aliphatic rings. The van der Waals surface area contributed by atoms with E-state index in [0.717, 1.165) is 25.7 Å². The number of carboxylic acid groups (broad SMARTS) is 1. The molecular formula is C15H25NO4. The van der Waals surface area contributed by atoms with Gasteiger partial charge in [-0.25, -0.2) is 0 Å². The van der Waals surface area contributed by atoms with Crippen molar-refractivity contribution in [2.75, 3.05) is 19.8 Å². The van der Waals surface area contributed by atoms with Gasteiger partial charge in [0.1, 0.15) is 0 Å². The number of amides is 1. The lowest BCUT2D eigenvalue weighted by Gasteiger charge is -2.36. The highest BCUT2D eigenvalue weighted by molar-refractivity contribution is 5.85. The summed E-state index contributed by atoms with van der Waals surface area (Å²) in [5, 5.41) is 9.63. The van der Waals surface area contributed by atoms with Gasteiger partial charge in [0.15, 0.2) is 0 Å². The second-order valence-corrected chi connectivity index (χ2v) is 6.19. The lowest BCUT2D eigenvalue weighted by molar-refractivity contribution is -0.157. The van der Waals surface area contributed by atoms with Gasteiger partial charge in [0, 0.05) is 13.0 Å². The molecule has 0 aromatic heterocycles. The van der Waals surface area contributed by atoms with Crippen LogP contribution in [0.2, 0.25) is 0 Å². The normalized spacial score (nSPS) is 26.9. The fraction of sp³-hybridized carbons (Fsp3) is 0.867. The molecule has 0 aromatic carbocycles. The van der Waals surface area contributed by atoms with Crippen molar-refractivity contribution < 1.29 is 19.4 Å². The van der Waals surface area contributed by atoms with Crippen LogP contribution >= 0.6 is 0 Å². The van der Waals surface area contributed by atoms with Crippen molar-refractivity contribution in [1.29, 1.82) is 0 Å². The molecular weight excluding hydrogens is 258 g/mol. The zero-order chi connectivity index (χ0) is 14.6. The highest BCUT2D eigenvalue weighted by Gasteiger charge is 2.42. The average Bonchev–Trinajstić information content (AvgIpc) is 2.65. The van der Waals surface area contributed by atoms with E-state index in [1.807, 2.05) is 6.92 Å². The number of rotatable bonds is 3. The SMILES string of the molecule is C[C@@H]1COCCN1C(=O)CC1(C(=O)O)CCCCCC1. The summed E-state index contributed by atoms with van der Waals surface area (Å²) in [5.41, 5.74) is -0.842. The summed E-state index contributed by atoms with van der Waals surface area (Å²) in [4.78, 5) is 26.0. The lowest BCUT2D eigenvalue weighted by Crippen LogP contribution is -2.49.